The van der Waals surface area contributed by atoms with Crippen molar-refractivity contribution in [3.8, 4) is 5.75 Å². The molecule has 130 valence electrons. The number of halogens is 2. The molecule has 0 unspecified atom stereocenters. The lowest BCUT2D eigenvalue weighted by Gasteiger charge is -2.49. The lowest BCUT2D eigenvalue weighted by molar-refractivity contribution is -0.0548. The molecule has 0 saturated heterocycles. The first-order valence-corrected chi connectivity index (χ1v) is 8.78. The Morgan fingerprint density at radius 2 is 1.79 bits per heavy atom. The van der Waals surface area contributed by atoms with E-state index in [-0.39, 0.29) is 16.9 Å². The summed E-state index contributed by atoms with van der Waals surface area (Å²) >= 11 is 0. The first kappa shape index (κ1) is 15.9. The van der Waals surface area contributed by atoms with Crippen LogP contribution in [0.4, 0.5) is 8.78 Å². The second kappa shape index (κ2) is 5.43. The van der Waals surface area contributed by atoms with Gasteiger partial charge in [-0.3, -0.25) is 0 Å². The van der Waals surface area contributed by atoms with Gasteiger partial charge < -0.3 is 9.84 Å². The summed E-state index contributed by atoms with van der Waals surface area (Å²) in [5.74, 6) is -1.27. The molecule has 1 N–H and O–H groups in total. The molecule has 0 atom stereocenters. The number of rotatable bonds is 5. The van der Waals surface area contributed by atoms with Gasteiger partial charge in [-0.05, 0) is 68.9 Å². The fraction of sp³-hybridized carbons (Fsp3) is 0.632. The van der Waals surface area contributed by atoms with Gasteiger partial charge in [0.2, 0.25) is 0 Å². The molecule has 4 aliphatic rings. The Hall–Kier alpha value is -1.65. The Labute approximate surface area is 140 Å². The Morgan fingerprint density at radius 1 is 1.17 bits per heavy atom. The average molecular weight is 336 g/mol. The number of ether oxygens (including phenoxy) is 1. The molecule has 4 aliphatic carbocycles. The molecule has 0 radical (unpaired) electrons. The molecule has 4 fully saturated rings. The number of benzene rings is 1. The number of fused-ring (bicyclic) bond motifs is 3. The van der Waals surface area contributed by atoms with Crippen molar-refractivity contribution in [2.75, 3.05) is 6.61 Å². The molecule has 3 nitrogen and oxygen atoms in total. The van der Waals surface area contributed by atoms with E-state index < -0.39 is 17.5 Å². The van der Waals surface area contributed by atoms with E-state index in [1.807, 2.05) is 0 Å². The molecule has 2 bridgehead atoms. The van der Waals surface area contributed by atoms with Crippen molar-refractivity contribution >= 4 is 5.97 Å². The largest absolute Gasteiger partial charge is 0.493 e. The lowest BCUT2D eigenvalue weighted by Crippen LogP contribution is -2.46. The van der Waals surface area contributed by atoms with Crippen LogP contribution < -0.4 is 4.74 Å². The highest BCUT2D eigenvalue weighted by Crippen LogP contribution is 2.54. The fourth-order valence-corrected chi connectivity index (χ4v) is 4.24. The van der Waals surface area contributed by atoms with E-state index in [4.69, 9.17) is 9.84 Å². The van der Waals surface area contributed by atoms with Crippen molar-refractivity contribution in [2.45, 2.75) is 63.0 Å². The van der Waals surface area contributed by atoms with Crippen LogP contribution in [0.5, 0.6) is 5.75 Å². The van der Waals surface area contributed by atoms with Gasteiger partial charge in [-0.25, -0.2) is 13.6 Å². The number of carbonyl (C=O) groups is 1. The molecular weight excluding hydrogens is 314 g/mol. The second-order valence-corrected chi connectivity index (χ2v) is 7.89. The summed E-state index contributed by atoms with van der Waals surface area (Å²) in [6.45, 7) is 0.467. The van der Waals surface area contributed by atoms with Crippen LogP contribution in [0.25, 0.3) is 0 Å². The molecular formula is C19H22F2O3. The zero-order valence-corrected chi connectivity index (χ0v) is 13.6. The maximum Gasteiger partial charge on any atom is 0.338 e. The van der Waals surface area contributed by atoms with E-state index in [1.54, 1.807) is 0 Å². The Bertz CT molecular complexity index is 657. The van der Waals surface area contributed by atoms with Crippen LogP contribution in [-0.2, 0) is 0 Å². The van der Waals surface area contributed by atoms with Gasteiger partial charge in [0.05, 0.1) is 12.2 Å². The molecule has 5 heteroatoms. The highest BCUT2D eigenvalue weighted by atomic mass is 19.1. The topological polar surface area (TPSA) is 46.5 Å². The summed E-state index contributed by atoms with van der Waals surface area (Å²) in [5, 5.41) is 9.11. The second-order valence-electron chi connectivity index (χ2n) is 7.89. The molecule has 5 rings (SSSR count). The van der Waals surface area contributed by atoms with Crippen molar-refractivity contribution in [1.82, 2.24) is 0 Å². The van der Waals surface area contributed by atoms with E-state index in [9.17, 15) is 13.6 Å². The van der Waals surface area contributed by atoms with Crippen LogP contribution in [-0.4, -0.2) is 23.4 Å². The van der Waals surface area contributed by atoms with Crippen molar-refractivity contribution in [1.29, 1.82) is 0 Å². The molecule has 0 aromatic heterocycles. The number of hydrogen-bond acceptors (Lipinski definition) is 2. The summed E-state index contributed by atoms with van der Waals surface area (Å²) in [4.78, 5) is 11.1. The third-order valence-electron chi connectivity index (χ3n) is 6.19. The van der Waals surface area contributed by atoms with Crippen LogP contribution in [0, 0.1) is 11.2 Å². The molecule has 0 heterocycles. The zero-order chi connectivity index (χ0) is 16.9. The molecule has 0 aliphatic heterocycles. The molecule has 0 spiro atoms. The maximum atomic E-state index is 14.3. The van der Waals surface area contributed by atoms with Crippen molar-refractivity contribution in [3.63, 3.8) is 0 Å². The van der Waals surface area contributed by atoms with Gasteiger partial charge in [0.15, 0.2) is 0 Å². The van der Waals surface area contributed by atoms with E-state index in [1.165, 1.54) is 12.1 Å². The third-order valence-corrected chi connectivity index (χ3v) is 6.19. The minimum absolute atomic E-state index is 0.00337. The normalized spacial score (nSPS) is 31.9. The van der Waals surface area contributed by atoms with Crippen LogP contribution in [0.15, 0.2) is 12.1 Å². The highest BCUT2D eigenvalue weighted by molar-refractivity contribution is 5.88. The molecule has 1 aromatic rings. The van der Waals surface area contributed by atoms with E-state index >= 15 is 0 Å². The summed E-state index contributed by atoms with van der Waals surface area (Å²) in [7, 11) is 0. The number of carboxylic acids is 1. The molecule has 1 aromatic carbocycles. The van der Waals surface area contributed by atoms with Crippen LogP contribution in [0.3, 0.4) is 0 Å². The van der Waals surface area contributed by atoms with Gasteiger partial charge in [0, 0.05) is 11.5 Å². The van der Waals surface area contributed by atoms with Gasteiger partial charge in [-0.1, -0.05) is 0 Å². The standard InChI is InChI=1S/C19H22F2O3/c20-15-10-16(13(12-1-2-12)9-14(15)17(22)23)24-11-18-3-6-19(21,7-4-18)8-5-18/h9-10,12H,1-8,11H2,(H,22,23). The van der Waals surface area contributed by atoms with Gasteiger partial charge in [-0.2, -0.15) is 0 Å². The SMILES string of the molecule is O=C(O)c1cc(C2CC2)c(OCC23CCC(F)(CC2)CC3)cc1F. The Kier molecular flexibility index (Phi) is 3.59. The van der Waals surface area contributed by atoms with Gasteiger partial charge in [0.1, 0.15) is 17.2 Å². The first-order chi connectivity index (χ1) is 11.4. The fourth-order valence-electron chi connectivity index (χ4n) is 4.24. The molecule has 4 saturated carbocycles. The predicted molar refractivity (Wildman–Crippen MR) is 84.8 cm³/mol. The smallest absolute Gasteiger partial charge is 0.338 e. The number of carboxylic acid groups (broad SMARTS) is 1. The van der Waals surface area contributed by atoms with Crippen molar-refractivity contribution in [3.05, 3.63) is 29.1 Å². The third kappa shape index (κ3) is 2.78. The van der Waals surface area contributed by atoms with Crippen molar-refractivity contribution < 1.29 is 23.4 Å². The van der Waals surface area contributed by atoms with Crippen LogP contribution in [0.2, 0.25) is 0 Å². The summed E-state index contributed by atoms with van der Waals surface area (Å²) < 4.78 is 34.3. The maximum absolute atomic E-state index is 14.3. The van der Waals surface area contributed by atoms with Crippen molar-refractivity contribution in [2.24, 2.45) is 5.41 Å². The van der Waals surface area contributed by atoms with E-state index in [2.05, 4.69) is 0 Å². The minimum Gasteiger partial charge on any atom is -0.493 e. The number of alkyl halides is 1. The zero-order valence-electron chi connectivity index (χ0n) is 13.6. The Balaban J connectivity index is 1.54. The number of aromatic carboxylic acids is 1. The summed E-state index contributed by atoms with van der Waals surface area (Å²) in [5.41, 5.74) is -0.469. The van der Waals surface area contributed by atoms with Gasteiger partial charge >= 0.3 is 5.97 Å². The van der Waals surface area contributed by atoms with Gasteiger partial charge in [-0.15, -0.1) is 0 Å². The van der Waals surface area contributed by atoms with E-state index in [0.717, 1.165) is 37.7 Å². The minimum atomic E-state index is -1.25. The summed E-state index contributed by atoms with van der Waals surface area (Å²) in [6, 6.07) is 2.65. The quantitative estimate of drug-likeness (QED) is 0.837. The average Bonchev–Trinajstić information content (AvgIpc) is 3.39. The molecule has 24 heavy (non-hydrogen) atoms. The highest BCUT2D eigenvalue weighted by Gasteiger charge is 2.49. The number of hydrogen-bond donors (Lipinski definition) is 1. The first-order valence-electron chi connectivity index (χ1n) is 8.78. The predicted octanol–water partition coefficient (Wildman–Crippen LogP) is 4.84. The Morgan fingerprint density at radius 3 is 2.33 bits per heavy atom. The monoisotopic (exact) mass is 336 g/mol. The summed E-state index contributed by atoms with van der Waals surface area (Å²) in [6.07, 6.45) is 6.20. The lowest BCUT2D eigenvalue weighted by atomic mass is 9.60. The van der Waals surface area contributed by atoms with Crippen LogP contribution >= 0.6 is 0 Å². The molecule has 0 amide bonds. The van der Waals surface area contributed by atoms with E-state index in [0.29, 0.717) is 31.6 Å². The van der Waals surface area contributed by atoms with Crippen LogP contribution in [0.1, 0.15) is 73.2 Å². The van der Waals surface area contributed by atoms with Gasteiger partial charge in [0.25, 0.3) is 0 Å².